The summed E-state index contributed by atoms with van der Waals surface area (Å²) in [5, 5.41) is 1.01. The van der Waals surface area contributed by atoms with Crippen LogP contribution in [-0.2, 0) is 4.79 Å². The summed E-state index contributed by atoms with van der Waals surface area (Å²) in [5.41, 5.74) is 0.852. The maximum absolute atomic E-state index is 12.6. The number of carbonyl (C=O) groups excluding carboxylic acids is 1. The van der Waals surface area contributed by atoms with Gasteiger partial charge in [0.25, 0.3) is 0 Å². The molecule has 0 saturated carbocycles. The average molecular weight is 212 g/mol. The summed E-state index contributed by atoms with van der Waals surface area (Å²) in [5.74, 6) is 5.57. The second-order valence-corrected chi connectivity index (χ2v) is 4.08. The number of carbonyl (C=O) groups is 1. The van der Waals surface area contributed by atoms with Crippen molar-refractivity contribution in [1.82, 2.24) is 5.01 Å². The maximum Gasteiger partial charge on any atom is 0.247 e. The Bertz CT molecular complexity index is 354. The first kappa shape index (κ1) is 9.48. The van der Waals surface area contributed by atoms with Gasteiger partial charge in [-0.15, -0.1) is 11.8 Å². The van der Waals surface area contributed by atoms with Crippen LogP contribution < -0.4 is 5.84 Å². The Labute approximate surface area is 85.0 Å². The summed E-state index contributed by atoms with van der Waals surface area (Å²) in [4.78, 5) is 11.1. The van der Waals surface area contributed by atoms with Crippen LogP contribution in [0.3, 0.4) is 0 Å². The molecule has 0 spiro atoms. The first-order chi connectivity index (χ1) is 6.68. The van der Waals surface area contributed by atoms with Gasteiger partial charge in [-0.3, -0.25) is 9.80 Å². The molecule has 1 aliphatic rings. The highest BCUT2D eigenvalue weighted by atomic mass is 32.2. The molecule has 2 N–H and O–H groups in total. The number of amides is 1. The van der Waals surface area contributed by atoms with Gasteiger partial charge in [0, 0.05) is 0 Å². The first-order valence-corrected chi connectivity index (χ1v) is 5.17. The molecule has 1 saturated heterocycles. The number of hydrogen-bond donors (Lipinski definition) is 1. The Morgan fingerprint density at radius 2 is 2.07 bits per heavy atom. The third kappa shape index (κ3) is 1.60. The molecule has 1 aromatic carbocycles. The van der Waals surface area contributed by atoms with E-state index in [9.17, 15) is 9.18 Å². The SMILES string of the molecule is NN1C(=O)CSC1c1ccc(F)cc1. The average Bonchev–Trinajstić information content (AvgIpc) is 2.50. The number of hydrogen-bond acceptors (Lipinski definition) is 3. The monoisotopic (exact) mass is 212 g/mol. The Kier molecular flexibility index (Phi) is 2.43. The zero-order chi connectivity index (χ0) is 10.1. The molecule has 0 radical (unpaired) electrons. The fraction of sp³-hybridized carbons (Fsp3) is 0.222. The van der Waals surface area contributed by atoms with Crippen LogP contribution in [0.15, 0.2) is 24.3 Å². The molecule has 0 bridgehead atoms. The zero-order valence-electron chi connectivity index (χ0n) is 7.31. The molecule has 14 heavy (non-hydrogen) atoms. The molecule has 74 valence electrons. The van der Waals surface area contributed by atoms with Crippen molar-refractivity contribution < 1.29 is 9.18 Å². The van der Waals surface area contributed by atoms with Crippen molar-refractivity contribution in [3.63, 3.8) is 0 Å². The number of hydrazine groups is 1. The molecule has 1 heterocycles. The summed E-state index contributed by atoms with van der Waals surface area (Å²) in [7, 11) is 0. The minimum Gasteiger partial charge on any atom is -0.272 e. The van der Waals surface area contributed by atoms with Crippen LogP contribution in [0.1, 0.15) is 10.9 Å². The topological polar surface area (TPSA) is 46.3 Å². The predicted octanol–water partition coefficient (Wildman–Crippen LogP) is 1.27. The Morgan fingerprint density at radius 1 is 1.43 bits per heavy atom. The Morgan fingerprint density at radius 3 is 2.57 bits per heavy atom. The molecule has 1 amide bonds. The van der Waals surface area contributed by atoms with Crippen molar-refractivity contribution in [2.24, 2.45) is 5.84 Å². The molecule has 2 rings (SSSR count). The van der Waals surface area contributed by atoms with Crippen LogP contribution in [0.25, 0.3) is 0 Å². The number of nitrogens with zero attached hydrogens (tertiary/aromatic N) is 1. The van der Waals surface area contributed by atoms with Crippen molar-refractivity contribution in [3.8, 4) is 0 Å². The Hall–Kier alpha value is -1.07. The largest absolute Gasteiger partial charge is 0.272 e. The van der Waals surface area contributed by atoms with E-state index in [4.69, 9.17) is 5.84 Å². The molecule has 1 aliphatic heterocycles. The molecule has 1 atom stereocenters. The smallest absolute Gasteiger partial charge is 0.247 e. The van der Waals surface area contributed by atoms with Gasteiger partial charge in [0.05, 0.1) is 5.75 Å². The number of halogens is 1. The van der Waals surface area contributed by atoms with Crippen molar-refractivity contribution in [1.29, 1.82) is 0 Å². The molecule has 1 unspecified atom stereocenters. The minimum absolute atomic E-state index is 0.0932. The highest BCUT2D eigenvalue weighted by Crippen LogP contribution is 2.35. The van der Waals surface area contributed by atoms with Crippen LogP contribution in [0, 0.1) is 5.82 Å². The van der Waals surface area contributed by atoms with Gasteiger partial charge in [-0.05, 0) is 17.7 Å². The second-order valence-electron chi connectivity index (χ2n) is 3.02. The lowest BCUT2D eigenvalue weighted by molar-refractivity contribution is -0.128. The van der Waals surface area contributed by atoms with E-state index in [-0.39, 0.29) is 17.1 Å². The van der Waals surface area contributed by atoms with Gasteiger partial charge < -0.3 is 0 Å². The third-order valence-corrected chi connectivity index (χ3v) is 3.29. The van der Waals surface area contributed by atoms with E-state index in [1.165, 1.54) is 28.9 Å². The fourth-order valence-corrected chi connectivity index (χ4v) is 2.40. The van der Waals surface area contributed by atoms with E-state index in [2.05, 4.69) is 0 Å². The normalized spacial score (nSPS) is 21.7. The molecular formula is C9H9FN2OS. The molecule has 1 fully saturated rings. The summed E-state index contributed by atoms with van der Waals surface area (Å²) in [6, 6.07) is 6.02. The van der Waals surface area contributed by atoms with E-state index in [1.54, 1.807) is 12.1 Å². The van der Waals surface area contributed by atoms with Crippen molar-refractivity contribution in [2.75, 3.05) is 5.75 Å². The third-order valence-electron chi connectivity index (χ3n) is 2.06. The number of benzene rings is 1. The van der Waals surface area contributed by atoms with E-state index < -0.39 is 0 Å². The Balaban J connectivity index is 2.23. The van der Waals surface area contributed by atoms with Gasteiger partial charge in [-0.1, -0.05) is 12.1 Å². The minimum atomic E-state index is -0.286. The van der Waals surface area contributed by atoms with Gasteiger partial charge in [-0.2, -0.15) is 0 Å². The summed E-state index contributed by atoms with van der Waals surface area (Å²) < 4.78 is 12.6. The van der Waals surface area contributed by atoms with Crippen LogP contribution >= 0.6 is 11.8 Å². The summed E-state index contributed by atoms with van der Waals surface area (Å²) in [6.07, 6.45) is 0. The van der Waals surface area contributed by atoms with Gasteiger partial charge in [0.15, 0.2) is 0 Å². The van der Waals surface area contributed by atoms with E-state index in [1.807, 2.05) is 0 Å². The molecule has 5 heteroatoms. The van der Waals surface area contributed by atoms with Crippen LogP contribution in [0.4, 0.5) is 4.39 Å². The zero-order valence-corrected chi connectivity index (χ0v) is 8.13. The molecule has 0 aliphatic carbocycles. The van der Waals surface area contributed by atoms with Gasteiger partial charge in [0.1, 0.15) is 11.2 Å². The van der Waals surface area contributed by atoms with Crippen molar-refractivity contribution in [3.05, 3.63) is 35.6 Å². The lowest BCUT2D eigenvalue weighted by Gasteiger charge is -2.18. The number of rotatable bonds is 1. The van der Waals surface area contributed by atoms with Gasteiger partial charge >= 0.3 is 0 Å². The summed E-state index contributed by atoms with van der Waals surface area (Å²) >= 11 is 1.45. The molecule has 1 aromatic rings. The van der Waals surface area contributed by atoms with Crippen LogP contribution in [-0.4, -0.2) is 16.7 Å². The van der Waals surface area contributed by atoms with Crippen molar-refractivity contribution in [2.45, 2.75) is 5.37 Å². The fourth-order valence-electron chi connectivity index (χ4n) is 1.32. The van der Waals surface area contributed by atoms with Crippen molar-refractivity contribution >= 4 is 17.7 Å². The number of nitrogens with two attached hydrogens (primary N) is 1. The standard InChI is InChI=1S/C9H9FN2OS/c10-7-3-1-6(2-4-7)9-12(11)8(13)5-14-9/h1-4,9H,5,11H2. The number of thioether (sulfide) groups is 1. The summed E-state index contributed by atoms with van der Waals surface area (Å²) in [6.45, 7) is 0. The van der Waals surface area contributed by atoms with E-state index in [0.29, 0.717) is 5.75 Å². The van der Waals surface area contributed by atoms with Gasteiger partial charge in [0.2, 0.25) is 5.91 Å². The molecular weight excluding hydrogens is 203 g/mol. The van der Waals surface area contributed by atoms with Crippen LogP contribution in [0.5, 0.6) is 0 Å². The highest BCUT2D eigenvalue weighted by Gasteiger charge is 2.30. The molecule has 3 nitrogen and oxygen atoms in total. The van der Waals surface area contributed by atoms with E-state index in [0.717, 1.165) is 5.56 Å². The van der Waals surface area contributed by atoms with E-state index >= 15 is 0 Å². The molecule has 0 aromatic heterocycles. The predicted molar refractivity (Wildman–Crippen MR) is 52.6 cm³/mol. The van der Waals surface area contributed by atoms with Gasteiger partial charge in [-0.25, -0.2) is 10.2 Å². The van der Waals surface area contributed by atoms with Crippen LogP contribution in [0.2, 0.25) is 0 Å². The maximum atomic E-state index is 12.6. The first-order valence-electron chi connectivity index (χ1n) is 4.12. The lowest BCUT2D eigenvalue weighted by Crippen LogP contribution is -2.34. The second kappa shape index (κ2) is 3.59. The highest BCUT2D eigenvalue weighted by molar-refractivity contribution is 8.00. The quantitative estimate of drug-likeness (QED) is 0.563. The lowest BCUT2D eigenvalue weighted by atomic mass is 10.2.